The molecular weight excluding hydrogens is 526 g/mol. The van der Waals surface area contributed by atoms with E-state index in [0.29, 0.717) is 12.8 Å². The molecule has 216 valence electrons. The number of carboxylic acid groups (broad SMARTS) is 1. The van der Waals surface area contributed by atoms with Gasteiger partial charge in [0.1, 0.15) is 25.3 Å². The van der Waals surface area contributed by atoms with Crippen molar-refractivity contribution in [2.75, 3.05) is 6.54 Å². The van der Waals surface area contributed by atoms with Crippen molar-refractivity contribution < 1.29 is 33.8 Å². The van der Waals surface area contributed by atoms with Crippen LogP contribution in [0.5, 0.6) is 0 Å². The fourth-order valence-corrected chi connectivity index (χ4v) is 3.94. The zero-order valence-electron chi connectivity index (χ0n) is 22.7. The van der Waals surface area contributed by atoms with Gasteiger partial charge in [-0.1, -0.05) is 91.0 Å². The van der Waals surface area contributed by atoms with Crippen LogP contribution in [0.15, 0.2) is 91.0 Å². The number of nitrogens with one attached hydrogen (secondary N) is 3. The van der Waals surface area contributed by atoms with Gasteiger partial charge in [-0.15, -0.1) is 0 Å². The molecule has 3 aromatic carbocycles. The third-order valence-electron chi connectivity index (χ3n) is 6.13. The largest absolute Gasteiger partial charge is 0.480 e. The van der Waals surface area contributed by atoms with Crippen molar-refractivity contribution in [2.45, 2.75) is 51.0 Å². The second kappa shape index (κ2) is 17.0. The van der Waals surface area contributed by atoms with Crippen molar-refractivity contribution in [1.29, 1.82) is 0 Å². The minimum atomic E-state index is -1.17. The van der Waals surface area contributed by atoms with Crippen LogP contribution in [0.1, 0.15) is 36.0 Å². The first kappa shape index (κ1) is 30.7. The predicted octanol–water partition coefficient (Wildman–Crippen LogP) is 4.19. The molecule has 0 aliphatic heterocycles. The van der Waals surface area contributed by atoms with E-state index in [1.54, 1.807) is 12.1 Å². The molecule has 0 bridgehead atoms. The molecule has 0 aliphatic rings. The lowest BCUT2D eigenvalue weighted by Crippen LogP contribution is -2.48. The van der Waals surface area contributed by atoms with Gasteiger partial charge in [-0.2, -0.15) is 0 Å². The normalized spacial score (nSPS) is 11.9. The van der Waals surface area contributed by atoms with Gasteiger partial charge in [-0.25, -0.2) is 14.4 Å². The molecule has 2 atom stereocenters. The molecule has 0 saturated heterocycles. The zero-order valence-corrected chi connectivity index (χ0v) is 22.7. The number of hydrogen-bond acceptors (Lipinski definition) is 6. The molecule has 0 radical (unpaired) electrons. The number of unbranched alkanes of at least 4 members (excludes halogenated alkanes) is 1. The number of rotatable bonds is 15. The lowest BCUT2D eigenvalue weighted by Gasteiger charge is -2.19. The van der Waals surface area contributed by atoms with E-state index in [2.05, 4.69) is 16.0 Å². The summed E-state index contributed by atoms with van der Waals surface area (Å²) in [5, 5.41) is 17.3. The summed E-state index contributed by atoms with van der Waals surface area (Å²) in [6.45, 7) is 0.365. The third kappa shape index (κ3) is 11.8. The third-order valence-corrected chi connectivity index (χ3v) is 6.13. The number of benzene rings is 3. The first-order valence-electron chi connectivity index (χ1n) is 13.4. The molecule has 0 heterocycles. The van der Waals surface area contributed by atoms with Crippen LogP contribution in [0.25, 0.3) is 0 Å². The minimum Gasteiger partial charge on any atom is -0.480 e. The van der Waals surface area contributed by atoms with Crippen LogP contribution in [-0.2, 0) is 38.7 Å². The highest BCUT2D eigenvalue weighted by molar-refractivity contribution is 5.86. The smallest absolute Gasteiger partial charge is 0.408 e. The van der Waals surface area contributed by atoms with Crippen molar-refractivity contribution in [3.8, 4) is 0 Å². The van der Waals surface area contributed by atoms with Gasteiger partial charge < -0.3 is 30.5 Å². The van der Waals surface area contributed by atoms with E-state index >= 15 is 0 Å². The molecule has 0 saturated carbocycles. The number of alkyl carbamates (subject to hydrolysis) is 2. The Morgan fingerprint density at radius 1 is 0.634 bits per heavy atom. The summed E-state index contributed by atoms with van der Waals surface area (Å²) in [5.41, 5.74) is 2.48. The quantitative estimate of drug-likeness (QED) is 0.204. The fraction of sp³-hybridized carbons (Fsp3) is 0.290. The van der Waals surface area contributed by atoms with E-state index in [-0.39, 0.29) is 38.5 Å². The molecule has 0 unspecified atom stereocenters. The Morgan fingerprint density at radius 3 is 1.59 bits per heavy atom. The zero-order chi connectivity index (χ0) is 29.3. The van der Waals surface area contributed by atoms with E-state index in [9.17, 15) is 24.3 Å². The van der Waals surface area contributed by atoms with E-state index in [0.717, 1.165) is 16.7 Å². The van der Waals surface area contributed by atoms with Gasteiger partial charge in [-0.05, 0) is 36.0 Å². The molecule has 0 spiro atoms. The molecule has 0 aromatic heterocycles. The highest BCUT2D eigenvalue weighted by Crippen LogP contribution is 2.07. The Hall–Kier alpha value is -4.86. The monoisotopic (exact) mass is 561 g/mol. The van der Waals surface area contributed by atoms with Crippen molar-refractivity contribution in [2.24, 2.45) is 0 Å². The van der Waals surface area contributed by atoms with E-state index in [1.165, 1.54) is 0 Å². The topological polar surface area (TPSA) is 143 Å². The van der Waals surface area contributed by atoms with Crippen LogP contribution in [0.4, 0.5) is 9.59 Å². The van der Waals surface area contributed by atoms with Gasteiger partial charge in [0, 0.05) is 13.0 Å². The number of carbonyl (C=O) groups is 4. The van der Waals surface area contributed by atoms with E-state index < -0.39 is 30.2 Å². The van der Waals surface area contributed by atoms with Crippen LogP contribution in [0.3, 0.4) is 0 Å². The molecule has 41 heavy (non-hydrogen) atoms. The average Bonchev–Trinajstić information content (AvgIpc) is 2.99. The summed E-state index contributed by atoms with van der Waals surface area (Å²) < 4.78 is 10.4. The Morgan fingerprint density at radius 2 is 1.10 bits per heavy atom. The Bertz CT molecular complexity index is 1240. The number of aliphatic carboxylic acids is 1. The standard InChI is InChI=1S/C31H35N3O7/c35-28(27(20-23-12-4-1-5-13-23)34-31(39)41-22-25-16-8-3-9-17-25)32-19-11-10-18-26(29(36)37)33-30(38)40-21-24-14-6-2-7-15-24/h1-9,12-17,26-27H,10-11,18-22H2,(H,32,35)(H,33,38)(H,34,39)(H,36,37)/t26-,27-/m0/s1. The second-order valence-electron chi connectivity index (χ2n) is 9.33. The van der Waals surface area contributed by atoms with Gasteiger partial charge in [0.05, 0.1) is 0 Å². The first-order valence-corrected chi connectivity index (χ1v) is 13.4. The van der Waals surface area contributed by atoms with Crippen LogP contribution < -0.4 is 16.0 Å². The van der Waals surface area contributed by atoms with Gasteiger partial charge in [-0.3, -0.25) is 4.79 Å². The SMILES string of the molecule is O=C(N[C@@H](CCCCNC(=O)[C@H](Cc1ccccc1)NC(=O)OCc1ccccc1)C(=O)O)OCc1ccccc1. The summed E-state index contributed by atoms with van der Waals surface area (Å²) in [6, 6.07) is 25.6. The number of ether oxygens (including phenoxy) is 2. The molecular formula is C31H35N3O7. The summed E-state index contributed by atoms with van der Waals surface area (Å²) in [7, 11) is 0. The second-order valence-corrected chi connectivity index (χ2v) is 9.33. The number of amides is 3. The molecule has 0 fully saturated rings. The maximum atomic E-state index is 12.9. The first-order chi connectivity index (χ1) is 19.9. The summed E-state index contributed by atoms with van der Waals surface area (Å²) in [5.74, 6) is -1.56. The van der Waals surface area contributed by atoms with E-state index in [4.69, 9.17) is 9.47 Å². The molecule has 0 aliphatic carbocycles. The van der Waals surface area contributed by atoms with Crippen molar-refractivity contribution in [3.05, 3.63) is 108 Å². The molecule has 3 rings (SSSR count). The molecule has 3 amide bonds. The van der Waals surface area contributed by atoms with Gasteiger partial charge in [0.25, 0.3) is 0 Å². The van der Waals surface area contributed by atoms with Gasteiger partial charge in [0.2, 0.25) is 5.91 Å². The van der Waals surface area contributed by atoms with Crippen molar-refractivity contribution >= 4 is 24.1 Å². The Labute approximate surface area is 239 Å². The van der Waals surface area contributed by atoms with Crippen molar-refractivity contribution in [1.82, 2.24) is 16.0 Å². The maximum Gasteiger partial charge on any atom is 0.408 e. The van der Waals surface area contributed by atoms with Crippen molar-refractivity contribution in [3.63, 3.8) is 0 Å². The molecule has 3 aromatic rings. The van der Waals surface area contributed by atoms with E-state index in [1.807, 2.05) is 78.9 Å². The molecule has 10 nitrogen and oxygen atoms in total. The average molecular weight is 562 g/mol. The van der Waals surface area contributed by atoms with Crippen LogP contribution in [0.2, 0.25) is 0 Å². The fourth-order valence-electron chi connectivity index (χ4n) is 3.94. The Kier molecular flexibility index (Phi) is 12.7. The summed E-state index contributed by atoms with van der Waals surface area (Å²) >= 11 is 0. The highest BCUT2D eigenvalue weighted by atomic mass is 16.6. The van der Waals surface area contributed by atoms with Gasteiger partial charge >= 0.3 is 18.2 Å². The van der Waals surface area contributed by atoms with Gasteiger partial charge in [0.15, 0.2) is 0 Å². The van der Waals surface area contributed by atoms with Crippen LogP contribution in [0, 0.1) is 0 Å². The molecule has 10 heteroatoms. The van der Waals surface area contributed by atoms with Crippen LogP contribution >= 0.6 is 0 Å². The highest BCUT2D eigenvalue weighted by Gasteiger charge is 2.23. The lowest BCUT2D eigenvalue weighted by molar-refractivity contribution is -0.139. The maximum absolute atomic E-state index is 12.9. The molecule has 4 N–H and O–H groups in total. The number of carboxylic acids is 1. The number of hydrogen-bond donors (Lipinski definition) is 4. The summed E-state index contributed by atoms with van der Waals surface area (Å²) in [4.78, 5) is 49.0. The number of carbonyl (C=O) groups excluding carboxylic acids is 3. The summed E-state index contributed by atoms with van der Waals surface area (Å²) in [6.07, 6.45) is -0.214. The lowest BCUT2D eigenvalue weighted by atomic mass is 10.1. The Balaban J connectivity index is 1.43. The van der Waals surface area contributed by atoms with Crippen LogP contribution in [-0.4, -0.2) is 47.8 Å². The predicted molar refractivity (Wildman–Crippen MR) is 152 cm³/mol. The minimum absolute atomic E-state index is 0.0308.